The van der Waals surface area contributed by atoms with Crippen molar-refractivity contribution in [3.8, 4) is 0 Å². The number of rotatable bonds is 2. The average molecular weight is 85.2 g/mol. The van der Waals surface area contributed by atoms with Crippen LogP contribution in [0.2, 0.25) is 12.6 Å². The Bertz CT molecular complexity index is 24.8. The van der Waals surface area contributed by atoms with E-state index in [2.05, 4.69) is 13.1 Å². The van der Waals surface area contributed by atoms with E-state index in [4.69, 9.17) is 0 Å². The molecule has 0 fully saturated rings. The van der Waals surface area contributed by atoms with Crippen LogP contribution in [-0.4, -0.2) is 9.52 Å². The Morgan fingerprint density at radius 2 is 2.60 bits per heavy atom. The maximum atomic E-state index is 3.57. The molecule has 0 saturated carbocycles. The second-order valence-electron chi connectivity index (χ2n) is 0.933. The van der Waals surface area contributed by atoms with E-state index >= 15 is 0 Å². The predicted molar refractivity (Wildman–Crippen MR) is 28.0 cm³/mol. The molecule has 0 bridgehead atoms. The first kappa shape index (κ1) is 4.96. The minimum atomic E-state index is 0.668. The lowest BCUT2D eigenvalue weighted by atomic mass is 10.8. The molecule has 0 saturated heterocycles. The molecule has 0 aromatic carbocycles. The van der Waals surface area contributed by atoms with E-state index in [1.807, 2.05) is 6.08 Å². The third-order valence-electron chi connectivity index (χ3n) is 0.402. The highest BCUT2D eigenvalue weighted by atomic mass is 28.2. The fraction of sp³-hybridized carbons (Fsp3) is 0.500. The first-order valence-corrected chi connectivity index (χ1v) is 3.77. The van der Waals surface area contributed by atoms with Gasteiger partial charge < -0.3 is 0 Å². The minimum Gasteiger partial charge on any atom is -0.103 e. The van der Waals surface area contributed by atoms with Crippen LogP contribution >= 0.6 is 0 Å². The van der Waals surface area contributed by atoms with Gasteiger partial charge in [-0.25, -0.2) is 0 Å². The van der Waals surface area contributed by atoms with Crippen LogP contribution in [0.15, 0.2) is 12.7 Å². The molecule has 0 nitrogen and oxygen atoms in total. The Labute approximate surface area is 35.7 Å². The zero-order valence-electron chi connectivity index (χ0n) is 3.57. The van der Waals surface area contributed by atoms with Crippen molar-refractivity contribution < 1.29 is 0 Å². The van der Waals surface area contributed by atoms with Crippen molar-refractivity contribution in [1.82, 2.24) is 0 Å². The van der Waals surface area contributed by atoms with Crippen LogP contribution in [0, 0.1) is 0 Å². The highest BCUT2D eigenvalue weighted by molar-refractivity contribution is 6.34. The van der Waals surface area contributed by atoms with Gasteiger partial charge in [-0.2, -0.15) is 0 Å². The first-order chi connectivity index (χ1) is 2.41. The van der Waals surface area contributed by atoms with Crippen LogP contribution in [0.25, 0.3) is 0 Å². The van der Waals surface area contributed by atoms with Gasteiger partial charge in [-0.15, -0.1) is 6.58 Å². The Morgan fingerprint density at radius 1 is 2.00 bits per heavy atom. The van der Waals surface area contributed by atoms with E-state index in [1.54, 1.807) is 0 Å². The maximum Gasteiger partial charge on any atom is 0.0289 e. The molecule has 0 atom stereocenters. The molecule has 0 heterocycles. The molecule has 0 aromatic heterocycles. The summed E-state index contributed by atoms with van der Waals surface area (Å²) in [7, 11) is 0.668. The molecule has 0 N–H and O–H groups in total. The third-order valence-corrected chi connectivity index (χ3v) is 1.21. The van der Waals surface area contributed by atoms with Gasteiger partial charge in [-0.3, -0.25) is 0 Å². The second kappa shape index (κ2) is 3.96. The fourth-order valence-corrected chi connectivity index (χ4v) is 0.500. The maximum absolute atomic E-state index is 3.57. The van der Waals surface area contributed by atoms with E-state index in [1.165, 1.54) is 6.04 Å². The highest BCUT2D eigenvalue weighted by Crippen LogP contribution is 1.72. The van der Waals surface area contributed by atoms with Crippen molar-refractivity contribution in [3.63, 3.8) is 0 Å². The van der Waals surface area contributed by atoms with Gasteiger partial charge in [0.25, 0.3) is 0 Å². The van der Waals surface area contributed by atoms with Crippen molar-refractivity contribution >= 4 is 9.52 Å². The molecule has 1 radical (unpaired) electrons. The smallest absolute Gasteiger partial charge is 0.0289 e. The predicted octanol–water partition coefficient (Wildman–Crippen LogP) is 1.08. The van der Waals surface area contributed by atoms with Gasteiger partial charge in [0.1, 0.15) is 0 Å². The molecular weight excluding hydrogens is 76.1 g/mol. The molecule has 5 heavy (non-hydrogen) atoms. The van der Waals surface area contributed by atoms with Gasteiger partial charge in [-0.05, 0) is 6.04 Å². The van der Waals surface area contributed by atoms with Gasteiger partial charge >= 0.3 is 0 Å². The van der Waals surface area contributed by atoms with Crippen molar-refractivity contribution in [3.05, 3.63) is 12.7 Å². The number of allylic oxidation sites excluding steroid dienone is 1. The summed E-state index contributed by atoms with van der Waals surface area (Å²) in [4.78, 5) is 0. The zero-order valence-corrected chi connectivity index (χ0v) is 4.72. The molecule has 0 aliphatic rings. The van der Waals surface area contributed by atoms with Crippen molar-refractivity contribution in [1.29, 1.82) is 0 Å². The summed E-state index contributed by atoms with van der Waals surface area (Å²) in [5, 5.41) is 0. The molecule has 29 valence electrons. The molecule has 0 rings (SSSR count). The minimum absolute atomic E-state index is 0.668. The summed E-state index contributed by atoms with van der Waals surface area (Å²) < 4.78 is 0. The monoisotopic (exact) mass is 85.0 g/mol. The van der Waals surface area contributed by atoms with E-state index in [9.17, 15) is 0 Å². The molecule has 0 unspecified atom stereocenters. The fourth-order valence-electron chi connectivity index (χ4n) is 0.167. The first-order valence-electron chi connectivity index (χ1n) is 1.80. The Kier molecular flexibility index (Phi) is 3.92. The second-order valence-corrected chi connectivity index (χ2v) is 2.22. The highest BCUT2D eigenvalue weighted by Gasteiger charge is 1.63. The van der Waals surface area contributed by atoms with Crippen LogP contribution < -0.4 is 0 Å². The van der Waals surface area contributed by atoms with E-state index in [0.29, 0.717) is 9.52 Å². The molecular formula is C4H9Si. The molecule has 0 aliphatic carbocycles. The number of hydrogen-bond acceptors (Lipinski definition) is 0. The lowest BCUT2D eigenvalue weighted by Gasteiger charge is -1.71. The van der Waals surface area contributed by atoms with Crippen molar-refractivity contribution in [2.45, 2.75) is 12.6 Å². The molecule has 0 spiro atoms. The van der Waals surface area contributed by atoms with E-state index < -0.39 is 0 Å². The lowest BCUT2D eigenvalue weighted by Crippen LogP contribution is -1.69. The largest absolute Gasteiger partial charge is 0.103 e. The Balaban J connectivity index is 2.40. The van der Waals surface area contributed by atoms with Crippen molar-refractivity contribution in [2.75, 3.05) is 0 Å². The molecule has 0 amide bonds. The van der Waals surface area contributed by atoms with E-state index in [0.717, 1.165) is 0 Å². The standard InChI is InChI=1S/C4H9Si/c1-3-4-5-2/h3,5H,1,4H2,2H3. The Hall–Kier alpha value is -0.0431. The topological polar surface area (TPSA) is 0 Å². The summed E-state index contributed by atoms with van der Waals surface area (Å²) in [6, 6.07) is 1.24. The van der Waals surface area contributed by atoms with Gasteiger partial charge in [0.15, 0.2) is 0 Å². The van der Waals surface area contributed by atoms with Crippen molar-refractivity contribution in [2.24, 2.45) is 0 Å². The molecule has 1 heteroatoms. The number of hydrogen-bond donors (Lipinski definition) is 0. The van der Waals surface area contributed by atoms with Gasteiger partial charge in [0.05, 0.1) is 0 Å². The van der Waals surface area contributed by atoms with Gasteiger partial charge in [0, 0.05) is 9.52 Å². The SMILES string of the molecule is C=CC[SiH]C. The van der Waals surface area contributed by atoms with Crippen LogP contribution in [0.3, 0.4) is 0 Å². The van der Waals surface area contributed by atoms with Gasteiger partial charge in [-0.1, -0.05) is 12.6 Å². The average Bonchev–Trinajstić information content (AvgIpc) is 1.41. The Morgan fingerprint density at radius 3 is 2.60 bits per heavy atom. The summed E-state index contributed by atoms with van der Waals surface area (Å²) in [5.74, 6) is 0. The lowest BCUT2D eigenvalue weighted by molar-refractivity contribution is 1.71. The van der Waals surface area contributed by atoms with Crippen LogP contribution in [0.1, 0.15) is 0 Å². The van der Waals surface area contributed by atoms with E-state index in [-0.39, 0.29) is 0 Å². The summed E-state index contributed by atoms with van der Waals surface area (Å²) in [5.41, 5.74) is 0. The third kappa shape index (κ3) is 3.96. The van der Waals surface area contributed by atoms with Gasteiger partial charge in [0.2, 0.25) is 0 Å². The zero-order chi connectivity index (χ0) is 4.12. The summed E-state index contributed by atoms with van der Waals surface area (Å²) in [6.45, 7) is 5.80. The summed E-state index contributed by atoms with van der Waals surface area (Å²) in [6.07, 6.45) is 1.97. The summed E-state index contributed by atoms with van der Waals surface area (Å²) >= 11 is 0. The molecule has 0 aromatic rings. The molecule has 0 aliphatic heterocycles. The quantitative estimate of drug-likeness (QED) is 0.347. The van der Waals surface area contributed by atoms with Crippen LogP contribution in [-0.2, 0) is 0 Å². The van der Waals surface area contributed by atoms with Crippen LogP contribution in [0.4, 0.5) is 0 Å². The van der Waals surface area contributed by atoms with Crippen LogP contribution in [0.5, 0.6) is 0 Å². The normalized spacial score (nSPS) is 7.40.